The summed E-state index contributed by atoms with van der Waals surface area (Å²) in [6.45, 7) is -2.98. The van der Waals surface area contributed by atoms with Crippen LogP contribution in [-0.2, 0) is 14.6 Å². The predicted molar refractivity (Wildman–Crippen MR) is 125 cm³/mol. The van der Waals surface area contributed by atoms with Crippen LogP contribution in [0.4, 0.5) is 22.7 Å². The van der Waals surface area contributed by atoms with Crippen molar-refractivity contribution >= 4 is 48.0 Å². The number of allylic oxidation sites excluding steroid dienone is 1. The van der Waals surface area contributed by atoms with Crippen molar-refractivity contribution in [1.29, 1.82) is 0 Å². The number of carbonyl (C=O) groups is 1. The highest BCUT2D eigenvalue weighted by Gasteiger charge is 2.34. The molecule has 1 fully saturated rings. The number of halogens is 4. The van der Waals surface area contributed by atoms with Crippen LogP contribution in [0.3, 0.4) is 0 Å². The molecule has 0 saturated heterocycles. The topological polar surface area (TPSA) is 85.4 Å². The number of aromatic nitrogens is 1. The van der Waals surface area contributed by atoms with Crippen LogP contribution >= 0.6 is 11.3 Å². The smallest absolute Gasteiger partial charge is 0.387 e. The fraction of sp³-hybridized carbons (Fsp3) is 0.304. The second-order valence-corrected chi connectivity index (χ2v) is 11.2. The molecule has 1 amide bonds. The lowest BCUT2D eigenvalue weighted by Gasteiger charge is -2.11. The number of alkyl halides is 4. The van der Waals surface area contributed by atoms with Gasteiger partial charge >= 0.3 is 6.61 Å². The Kier molecular flexibility index (Phi) is 7.13. The first-order chi connectivity index (χ1) is 16.5. The Morgan fingerprint density at radius 3 is 2.40 bits per heavy atom. The number of nitrogens with zero attached hydrogens (tertiary/aromatic N) is 1. The fourth-order valence-corrected chi connectivity index (χ4v) is 5.35. The van der Waals surface area contributed by atoms with E-state index in [0.717, 1.165) is 17.6 Å². The summed E-state index contributed by atoms with van der Waals surface area (Å²) in [6, 6.07) is 9.76. The van der Waals surface area contributed by atoms with E-state index in [-0.39, 0.29) is 34.2 Å². The summed E-state index contributed by atoms with van der Waals surface area (Å²) < 4.78 is 80.9. The number of sulfone groups is 1. The number of thiazole rings is 1. The van der Waals surface area contributed by atoms with Gasteiger partial charge in [-0.3, -0.25) is 10.1 Å². The molecule has 0 spiro atoms. The van der Waals surface area contributed by atoms with E-state index in [2.05, 4.69) is 15.0 Å². The number of fused-ring (bicyclic) bond motifs is 1. The van der Waals surface area contributed by atoms with Gasteiger partial charge in [0.15, 0.2) is 15.0 Å². The highest BCUT2D eigenvalue weighted by atomic mass is 32.2. The van der Waals surface area contributed by atoms with Crippen LogP contribution < -0.4 is 10.1 Å². The van der Waals surface area contributed by atoms with E-state index in [9.17, 15) is 30.8 Å². The Hall–Kier alpha value is -2.99. The van der Waals surface area contributed by atoms with Crippen LogP contribution in [0.2, 0.25) is 0 Å². The minimum absolute atomic E-state index is 0.0524. The molecule has 2 atom stereocenters. The minimum atomic E-state index is -3.46. The number of carbonyl (C=O) groups excluding carboxylic acids is 1. The van der Waals surface area contributed by atoms with Crippen LogP contribution in [0, 0.1) is 5.92 Å². The maximum absolute atomic E-state index is 13.7. The highest BCUT2D eigenvalue weighted by molar-refractivity contribution is 7.90. The molecule has 186 valence electrons. The molecule has 6 nitrogen and oxygen atoms in total. The van der Waals surface area contributed by atoms with Gasteiger partial charge in [-0.05, 0) is 54.7 Å². The summed E-state index contributed by atoms with van der Waals surface area (Å²) in [7, 11) is -3.46. The van der Waals surface area contributed by atoms with Crippen molar-refractivity contribution in [2.24, 2.45) is 5.92 Å². The molecule has 35 heavy (non-hydrogen) atoms. The fourth-order valence-electron chi connectivity index (χ4n) is 3.83. The third-order valence-electron chi connectivity index (χ3n) is 5.49. The standard InChI is InChI=1S/C23H20F4N2O4S2/c1-35(31,32)15-5-2-13(3-6-15)16(8-12-9-17(24)18(25)10-12)21(30)29-23-28-19-7-4-14(33-22(26)27)11-20(19)34-23/h2-8,11-12,17-18,22H,9-10H2,1H3,(H,28,29,30)/b16-8+. The number of nitrogens with one attached hydrogen (secondary N) is 1. The highest BCUT2D eigenvalue weighted by Crippen LogP contribution is 2.35. The number of rotatable bonds is 7. The van der Waals surface area contributed by atoms with Crippen LogP contribution in [-0.4, -0.2) is 44.5 Å². The molecule has 12 heteroatoms. The molecule has 1 aromatic heterocycles. The zero-order valence-corrected chi connectivity index (χ0v) is 19.9. The Bertz CT molecular complexity index is 1360. The van der Waals surface area contributed by atoms with E-state index in [1.807, 2.05) is 0 Å². The summed E-state index contributed by atoms with van der Waals surface area (Å²) in [5.41, 5.74) is 0.921. The van der Waals surface area contributed by atoms with Gasteiger partial charge in [-0.15, -0.1) is 0 Å². The monoisotopic (exact) mass is 528 g/mol. The van der Waals surface area contributed by atoms with Crippen LogP contribution in [0.15, 0.2) is 53.4 Å². The van der Waals surface area contributed by atoms with Crippen molar-refractivity contribution in [3.8, 4) is 5.75 Å². The quantitative estimate of drug-likeness (QED) is 0.328. The molecular weight excluding hydrogens is 508 g/mol. The maximum atomic E-state index is 13.7. The number of ether oxygens (including phenoxy) is 1. The summed E-state index contributed by atoms with van der Waals surface area (Å²) in [6.07, 6.45) is -0.860. The number of hydrogen-bond donors (Lipinski definition) is 1. The molecule has 1 aliphatic rings. The molecule has 0 radical (unpaired) electrons. The van der Waals surface area contributed by atoms with E-state index in [1.54, 1.807) is 0 Å². The first-order valence-corrected chi connectivity index (χ1v) is 13.2. The van der Waals surface area contributed by atoms with Crippen molar-refractivity contribution in [1.82, 2.24) is 4.98 Å². The number of benzene rings is 2. The van der Waals surface area contributed by atoms with Crippen molar-refractivity contribution in [3.05, 3.63) is 54.1 Å². The summed E-state index contributed by atoms with van der Waals surface area (Å²) in [5.74, 6) is -1.19. The zero-order chi connectivity index (χ0) is 25.3. The van der Waals surface area contributed by atoms with Crippen LogP contribution in [0.25, 0.3) is 15.8 Å². The third kappa shape index (κ3) is 5.99. The molecule has 1 aliphatic carbocycles. The Morgan fingerprint density at radius 1 is 1.14 bits per heavy atom. The van der Waals surface area contributed by atoms with E-state index in [1.165, 1.54) is 48.5 Å². The minimum Gasteiger partial charge on any atom is -0.435 e. The second kappa shape index (κ2) is 9.94. The molecule has 2 unspecified atom stereocenters. The zero-order valence-electron chi connectivity index (χ0n) is 18.3. The molecule has 4 rings (SSSR count). The lowest BCUT2D eigenvalue weighted by Crippen LogP contribution is -2.14. The Labute approximate surface area is 202 Å². The summed E-state index contributed by atoms with van der Waals surface area (Å²) in [5, 5.41) is 2.81. The molecule has 0 bridgehead atoms. The molecule has 0 aliphatic heterocycles. The van der Waals surface area contributed by atoms with Crippen molar-refractivity contribution in [3.63, 3.8) is 0 Å². The average Bonchev–Trinajstić information content (AvgIpc) is 3.32. The summed E-state index contributed by atoms with van der Waals surface area (Å²) >= 11 is 1.03. The van der Waals surface area contributed by atoms with Gasteiger partial charge in [-0.2, -0.15) is 8.78 Å². The van der Waals surface area contributed by atoms with Gasteiger partial charge in [0.25, 0.3) is 5.91 Å². The van der Waals surface area contributed by atoms with Crippen molar-refractivity contribution in [2.45, 2.75) is 36.7 Å². The molecular formula is C23H20F4N2O4S2. The van der Waals surface area contributed by atoms with Crippen molar-refractivity contribution in [2.75, 3.05) is 11.6 Å². The second-order valence-electron chi connectivity index (χ2n) is 8.12. The largest absolute Gasteiger partial charge is 0.435 e. The predicted octanol–water partition coefficient (Wildman–Crippen LogP) is 5.41. The SMILES string of the molecule is CS(=O)(=O)c1ccc(/C(=C\C2CC(F)C(F)C2)C(=O)Nc2nc3ccc(OC(F)F)cc3s2)cc1. The average molecular weight is 529 g/mol. The summed E-state index contributed by atoms with van der Waals surface area (Å²) in [4.78, 5) is 17.5. The lowest BCUT2D eigenvalue weighted by molar-refractivity contribution is -0.111. The van der Waals surface area contributed by atoms with Crippen LogP contribution in [0.5, 0.6) is 5.75 Å². The van der Waals surface area contributed by atoms with Gasteiger partial charge in [-0.1, -0.05) is 29.5 Å². The normalized spacial score (nSPS) is 21.0. The van der Waals surface area contributed by atoms with E-state index in [0.29, 0.717) is 15.8 Å². The molecule has 3 aromatic rings. The lowest BCUT2D eigenvalue weighted by atomic mass is 9.98. The first kappa shape index (κ1) is 25.1. The van der Waals surface area contributed by atoms with Gasteiger partial charge in [0, 0.05) is 11.8 Å². The maximum Gasteiger partial charge on any atom is 0.387 e. The van der Waals surface area contributed by atoms with Crippen LogP contribution in [0.1, 0.15) is 18.4 Å². The molecule has 2 aromatic carbocycles. The van der Waals surface area contributed by atoms with Gasteiger partial charge < -0.3 is 4.74 Å². The van der Waals surface area contributed by atoms with E-state index in [4.69, 9.17) is 0 Å². The van der Waals surface area contributed by atoms with E-state index < -0.39 is 40.6 Å². The number of amides is 1. The van der Waals surface area contributed by atoms with Crippen molar-refractivity contribution < 1.29 is 35.5 Å². The van der Waals surface area contributed by atoms with Gasteiger partial charge in [-0.25, -0.2) is 22.2 Å². The number of hydrogen-bond acceptors (Lipinski definition) is 6. The first-order valence-electron chi connectivity index (χ1n) is 10.5. The van der Waals surface area contributed by atoms with Gasteiger partial charge in [0.2, 0.25) is 0 Å². The molecule has 1 saturated carbocycles. The molecule has 1 heterocycles. The number of anilines is 1. The third-order valence-corrected chi connectivity index (χ3v) is 7.56. The van der Waals surface area contributed by atoms with E-state index >= 15 is 0 Å². The molecule has 1 N–H and O–H groups in total. The Balaban J connectivity index is 1.63. The van der Waals surface area contributed by atoms with Gasteiger partial charge in [0.1, 0.15) is 18.1 Å². The Morgan fingerprint density at radius 2 is 1.80 bits per heavy atom. The van der Waals surface area contributed by atoms with Gasteiger partial charge in [0.05, 0.1) is 15.1 Å².